The molecule has 0 aromatic rings. The topological polar surface area (TPSA) is 113 Å². The van der Waals surface area contributed by atoms with E-state index in [4.69, 9.17) is 5.11 Å². The SMILES string of the molecule is CC1(NC(=O)N[C@H]2CC[C@@H](C(=O)O)C2)CCS(=O)(=O)C1. The lowest BCUT2D eigenvalue weighted by Crippen LogP contribution is -2.52. The van der Waals surface area contributed by atoms with Crippen LogP contribution in [0, 0.1) is 5.92 Å². The number of urea groups is 1. The number of sulfone groups is 1. The van der Waals surface area contributed by atoms with Crippen LogP contribution in [-0.2, 0) is 14.6 Å². The predicted octanol–water partition coefficient (Wildman–Crippen LogP) is 0.116. The Labute approximate surface area is 118 Å². The molecule has 1 aliphatic carbocycles. The molecule has 1 heterocycles. The summed E-state index contributed by atoms with van der Waals surface area (Å²) >= 11 is 0. The fourth-order valence-electron chi connectivity index (χ4n) is 2.94. The van der Waals surface area contributed by atoms with E-state index in [1.54, 1.807) is 6.92 Å². The Morgan fingerprint density at radius 2 is 2.00 bits per heavy atom. The summed E-state index contributed by atoms with van der Waals surface area (Å²) in [5.41, 5.74) is -0.728. The molecule has 3 atom stereocenters. The van der Waals surface area contributed by atoms with Gasteiger partial charge in [-0.1, -0.05) is 0 Å². The minimum Gasteiger partial charge on any atom is -0.481 e. The van der Waals surface area contributed by atoms with E-state index in [0.29, 0.717) is 25.7 Å². The van der Waals surface area contributed by atoms with Crippen molar-refractivity contribution < 1.29 is 23.1 Å². The average molecular weight is 304 g/mol. The molecular weight excluding hydrogens is 284 g/mol. The van der Waals surface area contributed by atoms with Gasteiger partial charge in [0.25, 0.3) is 0 Å². The van der Waals surface area contributed by atoms with Gasteiger partial charge in [0.2, 0.25) is 0 Å². The Morgan fingerprint density at radius 3 is 2.50 bits per heavy atom. The van der Waals surface area contributed by atoms with Crippen molar-refractivity contribution in [3.63, 3.8) is 0 Å². The summed E-state index contributed by atoms with van der Waals surface area (Å²) in [7, 11) is -3.07. The largest absolute Gasteiger partial charge is 0.481 e. The van der Waals surface area contributed by atoms with Crippen LogP contribution in [0.5, 0.6) is 0 Å². The molecule has 2 amide bonds. The molecule has 0 aromatic heterocycles. The first-order valence-electron chi connectivity index (χ1n) is 6.71. The van der Waals surface area contributed by atoms with E-state index in [2.05, 4.69) is 10.6 Å². The van der Waals surface area contributed by atoms with Crippen molar-refractivity contribution in [3.8, 4) is 0 Å². The quantitative estimate of drug-likeness (QED) is 0.685. The van der Waals surface area contributed by atoms with E-state index in [1.807, 2.05) is 0 Å². The van der Waals surface area contributed by atoms with Crippen molar-refractivity contribution in [2.45, 2.75) is 44.2 Å². The minimum atomic E-state index is -3.07. The highest BCUT2D eigenvalue weighted by molar-refractivity contribution is 7.91. The summed E-state index contributed by atoms with van der Waals surface area (Å²) in [6, 6.07) is -0.571. The average Bonchev–Trinajstić information content (AvgIpc) is 2.83. The first kappa shape index (κ1) is 15.1. The molecule has 8 heteroatoms. The van der Waals surface area contributed by atoms with Gasteiger partial charge in [-0.05, 0) is 32.6 Å². The highest BCUT2D eigenvalue weighted by Gasteiger charge is 2.40. The van der Waals surface area contributed by atoms with Crippen LogP contribution in [0.1, 0.15) is 32.6 Å². The zero-order valence-electron chi connectivity index (χ0n) is 11.4. The maximum atomic E-state index is 11.9. The van der Waals surface area contributed by atoms with Crippen LogP contribution < -0.4 is 10.6 Å². The molecule has 0 radical (unpaired) electrons. The third kappa shape index (κ3) is 3.62. The Hall–Kier alpha value is -1.31. The molecule has 0 spiro atoms. The molecule has 114 valence electrons. The Kier molecular flexibility index (Phi) is 3.95. The molecule has 1 saturated carbocycles. The van der Waals surface area contributed by atoms with Crippen molar-refractivity contribution in [1.82, 2.24) is 10.6 Å². The fourth-order valence-corrected chi connectivity index (χ4v) is 5.03. The van der Waals surface area contributed by atoms with Gasteiger partial charge < -0.3 is 15.7 Å². The smallest absolute Gasteiger partial charge is 0.315 e. The maximum absolute atomic E-state index is 11.9. The number of rotatable bonds is 3. The number of hydrogen-bond donors (Lipinski definition) is 3. The van der Waals surface area contributed by atoms with Crippen molar-refractivity contribution >= 4 is 21.8 Å². The molecule has 2 aliphatic rings. The van der Waals surface area contributed by atoms with Gasteiger partial charge in [-0.15, -0.1) is 0 Å². The zero-order chi connectivity index (χ0) is 15.0. The number of aliphatic carboxylic acids is 1. The van der Waals surface area contributed by atoms with Crippen LogP contribution in [0.15, 0.2) is 0 Å². The number of carboxylic acid groups (broad SMARTS) is 1. The summed E-state index contributed by atoms with van der Waals surface area (Å²) in [5, 5.41) is 14.3. The number of amides is 2. The number of nitrogens with one attached hydrogen (secondary N) is 2. The molecule has 3 N–H and O–H groups in total. The van der Waals surface area contributed by atoms with Crippen LogP contribution in [-0.4, -0.2) is 48.6 Å². The number of carbonyl (C=O) groups excluding carboxylic acids is 1. The zero-order valence-corrected chi connectivity index (χ0v) is 12.2. The van der Waals surface area contributed by atoms with Gasteiger partial charge in [0.1, 0.15) is 0 Å². The monoisotopic (exact) mass is 304 g/mol. The van der Waals surface area contributed by atoms with E-state index < -0.39 is 33.3 Å². The van der Waals surface area contributed by atoms with Gasteiger partial charge in [0.15, 0.2) is 9.84 Å². The van der Waals surface area contributed by atoms with E-state index in [1.165, 1.54) is 0 Å². The normalized spacial score (nSPS) is 35.6. The first-order chi connectivity index (χ1) is 9.19. The molecule has 20 heavy (non-hydrogen) atoms. The number of hydrogen-bond acceptors (Lipinski definition) is 4. The van der Waals surface area contributed by atoms with Gasteiger partial charge in [-0.25, -0.2) is 13.2 Å². The lowest BCUT2D eigenvalue weighted by atomic mass is 10.0. The van der Waals surface area contributed by atoms with E-state index >= 15 is 0 Å². The molecule has 7 nitrogen and oxygen atoms in total. The number of carbonyl (C=O) groups is 2. The first-order valence-corrected chi connectivity index (χ1v) is 8.53. The molecule has 1 unspecified atom stereocenters. The van der Waals surface area contributed by atoms with Gasteiger partial charge in [-0.3, -0.25) is 4.79 Å². The molecule has 1 saturated heterocycles. The van der Waals surface area contributed by atoms with E-state index in [0.717, 1.165) is 0 Å². The van der Waals surface area contributed by atoms with Gasteiger partial charge >= 0.3 is 12.0 Å². The van der Waals surface area contributed by atoms with Crippen molar-refractivity contribution in [2.75, 3.05) is 11.5 Å². The Balaban J connectivity index is 1.83. The molecule has 0 bridgehead atoms. The molecule has 2 rings (SSSR count). The summed E-state index contributed by atoms with van der Waals surface area (Å²) in [6.45, 7) is 1.71. The van der Waals surface area contributed by atoms with Gasteiger partial charge in [-0.2, -0.15) is 0 Å². The van der Waals surface area contributed by atoms with E-state index in [-0.39, 0.29) is 17.5 Å². The third-order valence-corrected chi connectivity index (χ3v) is 5.94. The minimum absolute atomic E-state index is 0.0458. The second-order valence-corrected chi connectivity index (χ2v) is 8.23. The van der Waals surface area contributed by atoms with Crippen LogP contribution >= 0.6 is 0 Å². The van der Waals surface area contributed by atoms with Crippen molar-refractivity contribution in [3.05, 3.63) is 0 Å². The second kappa shape index (κ2) is 5.23. The van der Waals surface area contributed by atoms with Gasteiger partial charge in [0.05, 0.1) is 23.0 Å². The van der Waals surface area contributed by atoms with Crippen LogP contribution in [0.2, 0.25) is 0 Å². The van der Waals surface area contributed by atoms with Crippen LogP contribution in [0.4, 0.5) is 4.79 Å². The van der Waals surface area contributed by atoms with Gasteiger partial charge in [0, 0.05) is 6.04 Å². The van der Waals surface area contributed by atoms with Crippen molar-refractivity contribution in [1.29, 1.82) is 0 Å². The molecule has 2 fully saturated rings. The Bertz CT molecular complexity index is 518. The second-order valence-electron chi connectivity index (χ2n) is 6.05. The summed E-state index contributed by atoms with van der Waals surface area (Å²) in [5.74, 6) is -1.18. The number of carboxylic acids is 1. The lowest BCUT2D eigenvalue weighted by Gasteiger charge is -2.25. The van der Waals surface area contributed by atoms with E-state index in [9.17, 15) is 18.0 Å². The molecule has 0 aromatic carbocycles. The summed E-state index contributed by atoms with van der Waals surface area (Å²) in [6.07, 6.45) is 2.04. The van der Waals surface area contributed by atoms with Crippen LogP contribution in [0.25, 0.3) is 0 Å². The fraction of sp³-hybridized carbons (Fsp3) is 0.833. The van der Waals surface area contributed by atoms with Crippen LogP contribution in [0.3, 0.4) is 0 Å². The Morgan fingerprint density at radius 1 is 1.30 bits per heavy atom. The summed E-state index contributed by atoms with van der Waals surface area (Å²) in [4.78, 5) is 22.7. The lowest BCUT2D eigenvalue weighted by molar-refractivity contribution is -0.141. The highest BCUT2D eigenvalue weighted by atomic mass is 32.2. The molecular formula is C12H20N2O5S. The summed E-state index contributed by atoms with van der Waals surface area (Å²) < 4.78 is 22.9. The predicted molar refractivity (Wildman–Crippen MR) is 72.1 cm³/mol. The standard InChI is InChI=1S/C12H20N2O5S/c1-12(4-5-20(18,19)7-12)14-11(17)13-9-3-2-8(6-9)10(15)16/h8-9H,2-7H2,1H3,(H,15,16)(H2,13,14,17)/t8-,9+,12?/m1/s1. The third-order valence-electron chi connectivity index (χ3n) is 4.04. The highest BCUT2D eigenvalue weighted by Crippen LogP contribution is 2.26. The maximum Gasteiger partial charge on any atom is 0.315 e. The molecule has 1 aliphatic heterocycles. The van der Waals surface area contributed by atoms with Crippen molar-refractivity contribution in [2.24, 2.45) is 5.92 Å².